The van der Waals surface area contributed by atoms with E-state index in [4.69, 9.17) is 14.2 Å². The van der Waals surface area contributed by atoms with Gasteiger partial charge in [0.2, 0.25) is 0 Å². The topological polar surface area (TPSA) is 56.8 Å². The molecule has 1 aliphatic heterocycles. The van der Waals surface area contributed by atoms with E-state index in [-0.39, 0.29) is 24.2 Å². The minimum Gasteiger partial charge on any atom is -0.494 e. The minimum absolute atomic E-state index is 0.0387. The Morgan fingerprint density at radius 1 is 1.18 bits per heavy atom. The van der Waals surface area contributed by atoms with Gasteiger partial charge in [-0.15, -0.1) is 0 Å². The quantitative estimate of drug-likeness (QED) is 0.926. The number of hydrogen-bond donors (Lipinski definition) is 1. The van der Waals surface area contributed by atoms with Crippen LogP contribution in [0.2, 0.25) is 0 Å². The molecular formula is C17H23NO4. The van der Waals surface area contributed by atoms with Crippen LogP contribution in [-0.4, -0.2) is 44.0 Å². The van der Waals surface area contributed by atoms with Gasteiger partial charge in [0.25, 0.3) is 5.91 Å². The summed E-state index contributed by atoms with van der Waals surface area (Å²) in [6, 6.07) is 7.40. The van der Waals surface area contributed by atoms with Crippen molar-refractivity contribution in [2.24, 2.45) is 0 Å². The summed E-state index contributed by atoms with van der Waals surface area (Å²) in [5.41, 5.74) is 0.659. The third-order valence-corrected chi connectivity index (χ3v) is 4.24. The van der Waals surface area contributed by atoms with E-state index in [1.807, 2.05) is 19.1 Å². The monoisotopic (exact) mass is 305 g/mol. The molecule has 1 amide bonds. The molecule has 0 aromatic heterocycles. The fourth-order valence-corrected chi connectivity index (χ4v) is 3.14. The van der Waals surface area contributed by atoms with Gasteiger partial charge in [0.05, 0.1) is 32.0 Å². The zero-order valence-electron chi connectivity index (χ0n) is 12.9. The molecule has 0 radical (unpaired) electrons. The van der Waals surface area contributed by atoms with Crippen LogP contribution in [0.5, 0.6) is 5.75 Å². The first-order chi connectivity index (χ1) is 10.8. The third kappa shape index (κ3) is 3.59. The zero-order valence-corrected chi connectivity index (χ0v) is 12.9. The van der Waals surface area contributed by atoms with Gasteiger partial charge in [0, 0.05) is 11.6 Å². The molecule has 0 spiro atoms. The van der Waals surface area contributed by atoms with Crippen LogP contribution < -0.4 is 10.1 Å². The summed E-state index contributed by atoms with van der Waals surface area (Å²) in [4.78, 5) is 12.3. The number of benzene rings is 1. The first-order valence-electron chi connectivity index (χ1n) is 8.03. The number of ether oxygens (including phenoxy) is 3. The molecule has 1 saturated heterocycles. The maximum absolute atomic E-state index is 12.3. The lowest BCUT2D eigenvalue weighted by molar-refractivity contribution is -0.157. The van der Waals surface area contributed by atoms with Crippen molar-refractivity contribution in [2.75, 3.05) is 19.8 Å². The Bertz CT molecular complexity index is 502. The highest BCUT2D eigenvalue weighted by molar-refractivity contribution is 5.94. The summed E-state index contributed by atoms with van der Waals surface area (Å²) in [6.07, 6.45) is 3.03. The second kappa shape index (κ2) is 7.11. The Hall–Kier alpha value is -1.59. The van der Waals surface area contributed by atoms with Crippen molar-refractivity contribution in [1.82, 2.24) is 5.32 Å². The van der Waals surface area contributed by atoms with Crippen LogP contribution in [0.4, 0.5) is 0 Å². The Kier molecular flexibility index (Phi) is 4.95. The SMILES string of the molecule is CCOc1ccc(C(=O)NC2CCC3OCCOC3C2)cc1. The van der Waals surface area contributed by atoms with E-state index < -0.39 is 0 Å². The first kappa shape index (κ1) is 15.3. The highest BCUT2D eigenvalue weighted by Gasteiger charge is 2.34. The standard InChI is InChI=1S/C17H23NO4/c1-2-20-14-6-3-12(4-7-14)17(19)18-13-5-8-15-16(11-13)22-10-9-21-15/h3-4,6-7,13,15-16H,2,5,8-11H2,1H3,(H,18,19). The number of hydrogen-bond acceptors (Lipinski definition) is 4. The Morgan fingerprint density at radius 3 is 2.64 bits per heavy atom. The van der Waals surface area contributed by atoms with E-state index in [9.17, 15) is 4.79 Å². The molecule has 3 unspecified atom stereocenters. The van der Waals surface area contributed by atoms with Gasteiger partial charge in [-0.1, -0.05) is 0 Å². The van der Waals surface area contributed by atoms with Gasteiger partial charge in [-0.3, -0.25) is 4.79 Å². The van der Waals surface area contributed by atoms with Crippen molar-refractivity contribution in [3.05, 3.63) is 29.8 Å². The molecule has 0 bridgehead atoms. The van der Waals surface area contributed by atoms with Gasteiger partial charge in [-0.2, -0.15) is 0 Å². The molecule has 5 heteroatoms. The summed E-state index contributed by atoms with van der Waals surface area (Å²) in [5.74, 6) is 0.746. The molecule has 1 aromatic carbocycles. The molecule has 1 aliphatic carbocycles. The lowest BCUT2D eigenvalue weighted by atomic mass is 9.89. The average molecular weight is 305 g/mol. The van der Waals surface area contributed by atoms with E-state index in [1.54, 1.807) is 12.1 Å². The number of carbonyl (C=O) groups is 1. The molecular weight excluding hydrogens is 282 g/mol. The molecule has 2 fully saturated rings. The summed E-state index contributed by atoms with van der Waals surface area (Å²) in [5, 5.41) is 3.10. The first-order valence-corrected chi connectivity index (χ1v) is 8.03. The van der Waals surface area contributed by atoms with Crippen LogP contribution >= 0.6 is 0 Å². The van der Waals surface area contributed by atoms with Crippen molar-refractivity contribution in [3.8, 4) is 5.75 Å². The number of nitrogens with one attached hydrogen (secondary N) is 1. The maximum Gasteiger partial charge on any atom is 0.251 e. The lowest BCUT2D eigenvalue weighted by Crippen LogP contribution is -2.49. The predicted molar refractivity (Wildman–Crippen MR) is 82.2 cm³/mol. The van der Waals surface area contributed by atoms with Gasteiger partial charge in [-0.25, -0.2) is 0 Å². The van der Waals surface area contributed by atoms with E-state index in [1.165, 1.54) is 0 Å². The van der Waals surface area contributed by atoms with Crippen molar-refractivity contribution in [2.45, 2.75) is 44.4 Å². The van der Waals surface area contributed by atoms with Gasteiger partial charge in [0.1, 0.15) is 5.75 Å². The number of carbonyl (C=O) groups excluding carboxylic acids is 1. The summed E-state index contributed by atoms with van der Waals surface area (Å²) < 4.78 is 16.8. The molecule has 1 aromatic rings. The average Bonchev–Trinajstić information content (AvgIpc) is 2.56. The van der Waals surface area contributed by atoms with Crippen LogP contribution in [0.1, 0.15) is 36.5 Å². The fourth-order valence-electron chi connectivity index (χ4n) is 3.14. The second-order valence-electron chi connectivity index (χ2n) is 5.76. The van der Waals surface area contributed by atoms with Crippen LogP contribution in [-0.2, 0) is 9.47 Å². The normalized spacial score (nSPS) is 27.8. The predicted octanol–water partition coefficient (Wildman–Crippen LogP) is 2.15. The molecule has 22 heavy (non-hydrogen) atoms. The van der Waals surface area contributed by atoms with Gasteiger partial charge < -0.3 is 19.5 Å². The van der Waals surface area contributed by atoms with Crippen LogP contribution in [0.15, 0.2) is 24.3 Å². The Labute approximate surface area is 130 Å². The van der Waals surface area contributed by atoms with Crippen molar-refractivity contribution >= 4 is 5.91 Å². The van der Waals surface area contributed by atoms with E-state index in [2.05, 4.69) is 5.32 Å². The van der Waals surface area contributed by atoms with Gasteiger partial charge in [0.15, 0.2) is 0 Å². The fraction of sp³-hybridized carbons (Fsp3) is 0.588. The number of fused-ring (bicyclic) bond motifs is 1. The summed E-state index contributed by atoms with van der Waals surface area (Å²) in [6.45, 7) is 3.90. The van der Waals surface area contributed by atoms with Crippen LogP contribution in [0.3, 0.4) is 0 Å². The molecule has 3 rings (SSSR count). The molecule has 1 N–H and O–H groups in total. The van der Waals surface area contributed by atoms with Crippen molar-refractivity contribution in [3.63, 3.8) is 0 Å². The second-order valence-corrected chi connectivity index (χ2v) is 5.76. The Balaban J connectivity index is 1.55. The number of rotatable bonds is 4. The maximum atomic E-state index is 12.3. The van der Waals surface area contributed by atoms with E-state index >= 15 is 0 Å². The highest BCUT2D eigenvalue weighted by atomic mass is 16.6. The molecule has 120 valence electrons. The Morgan fingerprint density at radius 2 is 1.91 bits per heavy atom. The third-order valence-electron chi connectivity index (χ3n) is 4.24. The van der Waals surface area contributed by atoms with Crippen LogP contribution in [0, 0.1) is 0 Å². The van der Waals surface area contributed by atoms with Gasteiger partial charge in [-0.05, 0) is 50.5 Å². The molecule has 3 atom stereocenters. The van der Waals surface area contributed by atoms with Crippen LogP contribution in [0.25, 0.3) is 0 Å². The zero-order chi connectivity index (χ0) is 15.4. The minimum atomic E-state index is -0.0387. The largest absolute Gasteiger partial charge is 0.494 e. The number of amides is 1. The molecule has 1 saturated carbocycles. The molecule has 2 aliphatic rings. The van der Waals surface area contributed by atoms with Crippen molar-refractivity contribution < 1.29 is 19.0 Å². The lowest BCUT2D eigenvalue weighted by Gasteiger charge is -2.39. The molecule has 5 nitrogen and oxygen atoms in total. The van der Waals surface area contributed by atoms with E-state index in [0.29, 0.717) is 25.4 Å². The summed E-state index contributed by atoms with van der Waals surface area (Å²) >= 11 is 0. The van der Waals surface area contributed by atoms with Crippen molar-refractivity contribution in [1.29, 1.82) is 0 Å². The van der Waals surface area contributed by atoms with Gasteiger partial charge >= 0.3 is 0 Å². The summed E-state index contributed by atoms with van der Waals surface area (Å²) in [7, 11) is 0. The smallest absolute Gasteiger partial charge is 0.251 e. The molecule has 1 heterocycles. The van der Waals surface area contributed by atoms with E-state index in [0.717, 1.165) is 25.0 Å². The highest BCUT2D eigenvalue weighted by Crippen LogP contribution is 2.27.